The number of aryl methyl sites for hydroxylation is 3. The first-order valence-electron chi connectivity index (χ1n) is 11.3. The molecule has 0 saturated heterocycles. The summed E-state index contributed by atoms with van der Waals surface area (Å²) in [6, 6.07) is 18.0. The van der Waals surface area contributed by atoms with Crippen LogP contribution in [-0.2, 0) is 9.53 Å². The monoisotopic (exact) mass is 471 g/mol. The molecule has 180 valence electrons. The van der Waals surface area contributed by atoms with Gasteiger partial charge in [0.25, 0.3) is 0 Å². The van der Waals surface area contributed by atoms with E-state index in [9.17, 15) is 9.59 Å². The van der Waals surface area contributed by atoms with Crippen LogP contribution in [0.1, 0.15) is 39.0 Å². The zero-order chi connectivity index (χ0) is 25.2. The van der Waals surface area contributed by atoms with E-state index in [0.717, 1.165) is 17.3 Å². The Bertz CT molecular complexity index is 1190. The van der Waals surface area contributed by atoms with Crippen LogP contribution < -0.4 is 9.47 Å². The van der Waals surface area contributed by atoms with Crippen molar-refractivity contribution in [3.8, 4) is 11.5 Å². The maximum absolute atomic E-state index is 12.5. The van der Waals surface area contributed by atoms with Gasteiger partial charge in [-0.2, -0.15) is 0 Å². The summed E-state index contributed by atoms with van der Waals surface area (Å²) in [4.78, 5) is 28.0. The molecule has 0 aliphatic heterocycles. The Kier molecular flexibility index (Phi) is 8.95. The second-order valence-electron chi connectivity index (χ2n) is 8.05. The van der Waals surface area contributed by atoms with Gasteiger partial charge in [0.05, 0.1) is 24.5 Å². The molecule has 0 aromatic heterocycles. The maximum atomic E-state index is 12.5. The first kappa shape index (κ1) is 25.4. The van der Waals surface area contributed by atoms with Crippen molar-refractivity contribution >= 4 is 23.8 Å². The minimum atomic E-state index is -0.463. The molecule has 3 aromatic rings. The molecule has 35 heavy (non-hydrogen) atoms. The lowest BCUT2D eigenvalue weighted by molar-refractivity contribution is -0.137. The highest BCUT2D eigenvalue weighted by molar-refractivity contribution is 5.91. The van der Waals surface area contributed by atoms with E-state index in [0.29, 0.717) is 30.1 Å². The lowest BCUT2D eigenvalue weighted by Gasteiger charge is -2.08. The van der Waals surface area contributed by atoms with Gasteiger partial charge >= 0.3 is 11.9 Å². The number of rotatable bonds is 10. The molecule has 0 aliphatic carbocycles. The fourth-order valence-electron chi connectivity index (χ4n) is 3.47. The summed E-state index contributed by atoms with van der Waals surface area (Å²) in [6.07, 6.45) is 3.53. The molecule has 0 bridgehead atoms. The summed E-state index contributed by atoms with van der Waals surface area (Å²) >= 11 is 0. The summed E-state index contributed by atoms with van der Waals surface area (Å²) in [5.74, 6) is 0.126. The summed E-state index contributed by atoms with van der Waals surface area (Å²) in [7, 11) is 0. The van der Waals surface area contributed by atoms with Gasteiger partial charge in [0.1, 0.15) is 11.5 Å². The van der Waals surface area contributed by atoms with E-state index in [-0.39, 0.29) is 6.61 Å². The lowest BCUT2D eigenvalue weighted by atomic mass is 10.0. The van der Waals surface area contributed by atoms with Crippen molar-refractivity contribution in [2.24, 2.45) is 4.99 Å². The molecule has 0 N–H and O–H groups in total. The SMILES string of the molecule is C=CC(=O)OCCCOc1ccc(C(=O)Oc2ccc(N=Cc3c(C)cc(C)cc3C)cc2)cc1. The Morgan fingerprint density at radius 3 is 2.14 bits per heavy atom. The Balaban J connectivity index is 1.51. The molecule has 0 fully saturated rings. The third-order valence-electron chi connectivity index (χ3n) is 5.19. The van der Waals surface area contributed by atoms with Crippen LogP contribution in [0.25, 0.3) is 0 Å². The van der Waals surface area contributed by atoms with E-state index in [1.165, 1.54) is 16.7 Å². The van der Waals surface area contributed by atoms with Crippen LogP contribution in [0.4, 0.5) is 5.69 Å². The Hall–Kier alpha value is -4.19. The summed E-state index contributed by atoms with van der Waals surface area (Å²) in [5, 5.41) is 0. The number of esters is 2. The molecular formula is C29H29NO5. The smallest absolute Gasteiger partial charge is 0.343 e. The van der Waals surface area contributed by atoms with Crippen LogP contribution >= 0.6 is 0 Å². The average molecular weight is 472 g/mol. The normalized spacial score (nSPS) is 10.7. The van der Waals surface area contributed by atoms with Crippen LogP contribution in [0.3, 0.4) is 0 Å². The van der Waals surface area contributed by atoms with Crippen LogP contribution in [0.2, 0.25) is 0 Å². The van der Waals surface area contributed by atoms with Crippen molar-refractivity contribution < 1.29 is 23.8 Å². The van der Waals surface area contributed by atoms with Gasteiger partial charge in [-0.15, -0.1) is 0 Å². The number of benzene rings is 3. The first-order chi connectivity index (χ1) is 16.9. The Morgan fingerprint density at radius 2 is 1.51 bits per heavy atom. The van der Waals surface area contributed by atoms with E-state index in [1.807, 2.05) is 6.21 Å². The summed E-state index contributed by atoms with van der Waals surface area (Å²) in [5.41, 5.74) is 5.88. The molecule has 0 spiro atoms. The summed E-state index contributed by atoms with van der Waals surface area (Å²) < 4.78 is 15.9. The van der Waals surface area contributed by atoms with E-state index >= 15 is 0 Å². The van der Waals surface area contributed by atoms with Gasteiger partial charge in [-0.3, -0.25) is 4.99 Å². The molecule has 0 saturated carbocycles. The Morgan fingerprint density at radius 1 is 0.886 bits per heavy atom. The standard InChI is InChI=1S/C29H29NO5/c1-5-28(31)34-16-6-15-33-25-11-7-23(8-12-25)29(32)35-26-13-9-24(10-14-26)30-19-27-21(3)17-20(2)18-22(27)4/h5,7-14,17-19H,1,6,15-16H2,2-4H3. The number of carbonyl (C=O) groups excluding carboxylic acids is 2. The highest BCUT2D eigenvalue weighted by atomic mass is 16.5. The van der Waals surface area contributed by atoms with Crippen LogP contribution in [0.15, 0.2) is 78.3 Å². The zero-order valence-corrected chi connectivity index (χ0v) is 20.2. The van der Waals surface area contributed by atoms with Gasteiger partial charge in [0.2, 0.25) is 0 Å². The minimum Gasteiger partial charge on any atom is -0.493 e. The topological polar surface area (TPSA) is 74.2 Å². The van der Waals surface area contributed by atoms with Gasteiger partial charge < -0.3 is 14.2 Å². The molecular weight excluding hydrogens is 442 g/mol. The van der Waals surface area contributed by atoms with Crippen LogP contribution in [0.5, 0.6) is 11.5 Å². The molecule has 0 heterocycles. The molecule has 0 amide bonds. The molecule has 0 radical (unpaired) electrons. The molecule has 0 aliphatic rings. The van der Waals surface area contributed by atoms with Gasteiger partial charge in [-0.1, -0.05) is 24.3 Å². The molecule has 3 aromatic carbocycles. The van der Waals surface area contributed by atoms with Crippen molar-refractivity contribution in [2.45, 2.75) is 27.2 Å². The van der Waals surface area contributed by atoms with E-state index in [4.69, 9.17) is 14.2 Å². The lowest BCUT2D eigenvalue weighted by Crippen LogP contribution is -2.09. The molecule has 0 unspecified atom stereocenters. The number of aliphatic imine (C=N–C) groups is 1. The third kappa shape index (κ3) is 7.67. The first-order valence-corrected chi connectivity index (χ1v) is 11.3. The third-order valence-corrected chi connectivity index (χ3v) is 5.19. The van der Waals surface area contributed by atoms with Crippen molar-refractivity contribution in [2.75, 3.05) is 13.2 Å². The second kappa shape index (κ2) is 12.3. The van der Waals surface area contributed by atoms with E-state index < -0.39 is 11.9 Å². The van der Waals surface area contributed by atoms with Gasteiger partial charge in [-0.05, 0) is 86.0 Å². The van der Waals surface area contributed by atoms with Crippen molar-refractivity contribution in [3.05, 3.63) is 101 Å². The zero-order valence-electron chi connectivity index (χ0n) is 20.2. The van der Waals surface area contributed by atoms with E-state index in [1.54, 1.807) is 48.5 Å². The molecule has 3 rings (SSSR count). The highest BCUT2D eigenvalue weighted by Crippen LogP contribution is 2.21. The highest BCUT2D eigenvalue weighted by Gasteiger charge is 2.09. The van der Waals surface area contributed by atoms with Gasteiger partial charge in [0, 0.05) is 18.7 Å². The predicted molar refractivity (Wildman–Crippen MR) is 137 cm³/mol. The van der Waals surface area contributed by atoms with E-state index in [2.05, 4.69) is 44.5 Å². The number of nitrogens with zero attached hydrogens (tertiary/aromatic N) is 1. The fraction of sp³-hybridized carbons (Fsp3) is 0.207. The van der Waals surface area contributed by atoms with Crippen molar-refractivity contribution in [1.29, 1.82) is 0 Å². The Labute approximate surface area is 205 Å². The number of carbonyl (C=O) groups is 2. The second-order valence-corrected chi connectivity index (χ2v) is 8.05. The number of ether oxygens (including phenoxy) is 3. The molecule has 6 nitrogen and oxygen atoms in total. The maximum Gasteiger partial charge on any atom is 0.343 e. The molecule has 6 heteroatoms. The molecule has 0 atom stereocenters. The van der Waals surface area contributed by atoms with Crippen molar-refractivity contribution in [1.82, 2.24) is 0 Å². The quantitative estimate of drug-likeness (QED) is 0.118. The number of hydrogen-bond donors (Lipinski definition) is 0. The number of hydrogen-bond acceptors (Lipinski definition) is 6. The van der Waals surface area contributed by atoms with Crippen molar-refractivity contribution in [3.63, 3.8) is 0 Å². The largest absolute Gasteiger partial charge is 0.493 e. The fourth-order valence-corrected chi connectivity index (χ4v) is 3.47. The average Bonchev–Trinajstić information content (AvgIpc) is 2.84. The van der Waals surface area contributed by atoms with Crippen LogP contribution in [0, 0.1) is 20.8 Å². The van der Waals surface area contributed by atoms with Gasteiger partial charge in [-0.25, -0.2) is 9.59 Å². The van der Waals surface area contributed by atoms with Gasteiger partial charge in [0.15, 0.2) is 0 Å². The van der Waals surface area contributed by atoms with Crippen LogP contribution in [-0.4, -0.2) is 31.4 Å². The minimum absolute atomic E-state index is 0.255. The predicted octanol–water partition coefficient (Wildman–Crippen LogP) is 6.08. The summed E-state index contributed by atoms with van der Waals surface area (Å²) in [6.45, 7) is 10.2.